The number of hydrogen-bond acceptors (Lipinski definition) is 3. The minimum atomic E-state index is 0.304. The van der Waals surface area contributed by atoms with Gasteiger partial charge < -0.3 is 10.1 Å². The van der Waals surface area contributed by atoms with Crippen molar-refractivity contribution in [2.75, 3.05) is 0 Å². The lowest BCUT2D eigenvalue weighted by molar-refractivity contribution is 0.477. The molecule has 0 radical (unpaired) electrons. The molecule has 5 heteroatoms. The second-order valence-corrected chi connectivity index (χ2v) is 7.08. The number of nitrogens with zero attached hydrogens (tertiary/aromatic N) is 2. The van der Waals surface area contributed by atoms with Crippen LogP contribution in [0.5, 0.6) is 11.5 Å². The standard InChI is InChI=1S/C21H24BrN3O/c1-3-7-20(23-14-17-15-25(2)24-21(17)22)16-10-12-19(13-11-16)26-18-8-5-4-6-9-18/h4-6,8-13,15,20,23H,3,7,14H2,1-2H3. The summed E-state index contributed by atoms with van der Waals surface area (Å²) in [6.07, 6.45) is 4.24. The van der Waals surface area contributed by atoms with Gasteiger partial charge in [0.25, 0.3) is 0 Å². The molecule has 26 heavy (non-hydrogen) atoms. The van der Waals surface area contributed by atoms with Gasteiger partial charge >= 0.3 is 0 Å². The molecule has 0 spiro atoms. The lowest BCUT2D eigenvalue weighted by Gasteiger charge is -2.19. The first-order chi connectivity index (χ1) is 12.7. The zero-order chi connectivity index (χ0) is 18.4. The summed E-state index contributed by atoms with van der Waals surface area (Å²) in [6.45, 7) is 2.99. The molecule has 1 heterocycles. The lowest BCUT2D eigenvalue weighted by Crippen LogP contribution is -2.20. The highest BCUT2D eigenvalue weighted by molar-refractivity contribution is 9.10. The number of halogens is 1. The molecule has 0 amide bonds. The SMILES string of the molecule is CCCC(NCc1cn(C)nc1Br)c1ccc(Oc2ccccc2)cc1. The Morgan fingerprint density at radius 1 is 1.08 bits per heavy atom. The first-order valence-electron chi connectivity index (χ1n) is 8.90. The zero-order valence-electron chi connectivity index (χ0n) is 15.2. The molecule has 3 aromatic rings. The smallest absolute Gasteiger partial charge is 0.132 e. The lowest BCUT2D eigenvalue weighted by atomic mass is 10.0. The van der Waals surface area contributed by atoms with Crippen LogP contribution in [-0.4, -0.2) is 9.78 Å². The van der Waals surface area contributed by atoms with Crippen molar-refractivity contribution in [1.29, 1.82) is 0 Å². The summed E-state index contributed by atoms with van der Waals surface area (Å²) in [5.41, 5.74) is 2.44. The summed E-state index contributed by atoms with van der Waals surface area (Å²) in [4.78, 5) is 0. The van der Waals surface area contributed by atoms with E-state index >= 15 is 0 Å². The molecule has 0 aliphatic rings. The second-order valence-electron chi connectivity index (χ2n) is 6.33. The molecule has 0 aliphatic heterocycles. The third-order valence-corrected chi connectivity index (χ3v) is 4.90. The van der Waals surface area contributed by atoms with E-state index in [1.165, 1.54) is 5.56 Å². The van der Waals surface area contributed by atoms with Crippen LogP contribution < -0.4 is 10.1 Å². The van der Waals surface area contributed by atoms with Crippen molar-refractivity contribution < 1.29 is 4.74 Å². The van der Waals surface area contributed by atoms with Gasteiger partial charge in [-0.15, -0.1) is 0 Å². The molecule has 3 rings (SSSR count). The fourth-order valence-corrected chi connectivity index (χ4v) is 3.42. The Morgan fingerprint density at radius 3 is 2.38 bits per heavy atom. The molecule has 0 bridgehead atoms. The number of rotatable bonds is 8. The van der Waals surface area contributed by atoms with Gasteiger partial charge in [0.2, 0.25) is 0 Å². The molecule has 136 valence electrons. The number of benzene rings is 2. The Balaban J connectivity index is 1.66. The monoisotopic (exact) mass is 413 g/mol. The zero-order valence-corrected chi connectivity index (χ0v) is 16.7. The van der Waals surface area contributed by atoms with E-state index in [-0.39, 0.29) is 0 Å². The van der Waals surface area contributed by atoms with Crippen molar-refractivity contribution in [3.63, 3.8) is 0 Å². The molecule has 1 N–H and O–H groups in total. The van der Waals surface area contributed by atoms with Gasteiger partial charge in [-0.2, -0.15) is 5.10 Å². The molecular formula is C21H24BrN3O. The van der Waals surface area contributed by atoms with Gasteiger partial charge in [-0.05, 0) is 52.2 Å². The Bertz CT molecular complexity index is 815. The van der Waals surface area contributed by atoms with Gasteiger partial charge in [-0.3, -0.25) is 4.68 Å². The number of aryl methyl sites for hydroxylation is 1. The predicted molar refractivity (Wildman–Crippen MR) is 108 cm³/mol. The van der Waals surface area contributed by atoms with Crippen LogP contribution in [0.25, 0.3) is 0 Å². The van der Waals surface area contributed by atoms with Gasteiger partial charge in [-0.1, -0.05) is 43.7 Å². The third kappa shape index (κ3) is 4.96. The van der Waals surface area contributed by atoms with Gasteiger partial charge in [0, 0.05) is 31.4 Å². The first-order valence-corrected chi connectivity index (χ1v) is 9.69. The van der Waals surface area contributed by atoms with Crippen molar-refractivity contribution in [1.82, 2.24) is 15.1 Å². The number of nitrogens with one attached hydrogen (secondary N) is 1. The maximum Gasteiger partial charge on any atom is 0.132 e. The fourth-order valence-electron chi connectivity index (χ4n) is 2.93. The number of para-hydroxylation sites is 1. The molecule has 0 fully saturated rings. The predicted octanol–water partition coefficient (Wildman–Crippen LogP) is 5.61. The van der Waals surface area contributed by atoms with Crippen LogP contribution in [0.1, 0.15) is 36.9 Å². The molecule has 1 aromatic heterocycles. The minimum Gasteiger partial charge on any atom is -0.457 e. The van der Waals surface area contributed by atoms with Crippen molar-refractivity contribution in [3.8, 4) is 11.5 Å². The van der Waals surface area contributed by atoms with Crippen LogP contribution in [0.2, 0.25) is 0 Å². The van der Waals surface area contributed by atoms with Crippen LogP contribution in [0.3, 0.4) is 0 Å². The van der Waals surface area contributed by atoms with Crippen molar-refractivity contribution in [2.24, 2.45) is 7.05 Å². The molecule has 1 atom stereocenters. The van der Waals surface area contributed by atoms with E-state index in [2.05, 4.69) is 45.4 Å². The van der Waals surface area contributed by atoms with E-state index in [1.54, 1.807) is 0 Å². The second kappa shape index (κ2) is 9.01. The van der Waals surface area contributed by atoms with Gasteiger partial charge in [-0.25, -0.2) is 0 Å². The normalized spacial score (nSPS) is 12.1. The summed E-state index contributed by atoms with van der Waals surface area (Å²) < 4.78 is 8.61. The quantitative estimate of drug-likeness (QED) is 0.521. The van der Waals surface area contributed by atoms with Crippen molar-refractivity contribution in [2.45, 2.75) is 32.4 Å². The maximum atomic E-state index is 5.88. The average molecular weight is 414 g/mol. The van der Waals surface area contributed by atoms with Crippen LogP contribution in [0, 0.1) is 0 Å². The largest absolute Gasteiger partial charge is 0.457 e. The van der Waals surface area contributed by atoms with E-state index in [4.69, 9.17) is 4.74 Å². The Labute approximate surface area is 163 Å². The molecule has 0 saturated heterocycles. The van der Waals surface area contributed by atoms with Crippen LogP contribution in [-0.2, 0) is 13.6 Å². The highest BCUT2D eigenvalue weighted by Gasteiger charge is 2.12. The molecule has 2 aromatic carbocycles. The summed E-state index contributed by atoms with van der Waals surface area (Å²) in [5, 5.41) is 7.99. The minimum absolute atomic E-state index is 0.304. The Kier molecular flexibility index (Phi) is 6.47. The number of hydrogen-bond donors (Lipinski definition) is 1. The van der Waals surface area contributed by atoms with Gasteiger partial charge in [0.05, 0.1) is 0 Å². The van der Waals surface area contributed by atoms with E-state index in [1.807, 2.05) is 60.4 Å². The van der Waals surface area contributed by atoms with Gasteiger partial charge in [0.1, 0.15) is 16.1 Å². The highest BCUT2D eigenvalue weighted by atomic mass is 79.9. The number of ether oxygens (including phenoxy) is 1. The molecule has 4 nitrogen and oxygen atoms in total. The topological polar surface area (TPSA) is 39.1 Å². The summed E-state index contributed by atoms with van der Waals surface area (Å²) in [5.74, 6) is 1.70. The average Bonchev–Trinajstić information content (AvgIpc) is 2.97. The van der Waals surface area contributed by atoms with E-state index < -0.39 is 0 Å². The highest BCUT2D eigenvalue weighted by Crippen LogP contribution is 2.25. The van der Waals surface area contributed by atoms with E-state index in [0.717, 1.165) is 41.1 Å². The Morgan fingerprint density at radius 2 is 1.77 bits per heavy atom. The Hall–Kier alpha value is -2.11. The first kappa shape index (κ1) is 18.7. The summed E-state index contributed by atoms with van der Waals surface area (Å²) in [7, 11) is 1.93. The van der Waals surface area contributed by atoms with E-state index in [0.29, 0.717) is 6.04 Å². The third-order valence-electron chi connectivity index (χ3n) is 4.23. The molecular weight excluding hydrogens is 390 g/mol. The summed E-state index contributed by atoms with van der Waals surface area (Å²) in [6, 6.07) is 18.5. The van der Waals surface area contributed by atoms with Crippen LogP contribution in [0.15, 0.2) is 65.4 Å². The van der Waals surface area contributed by atoms with Gasteiger partial charge in [0.15, 0.2) is 0 Å². The summed E-state index contributed by atoms with van der Waals surface area (Å²) >= 11 is 3.52. The molecule has 0 saturated carbocycles. The van der Waals surface area contributed by atoms with Crippen molar-refractivity contribution in [3.05, 3.63) is 76.5 Å². The van der Waals surface area contributed by atoms with Crippen LogP contribution in [0.4, 0.5) is 0 Å². The number of aromatic nitrogens is 2. The fraction of sp³-hybridized carbons (Fsp3) is 0.286. The van der Waals surface area contributed by atoms with Crippen LogP contribution >= 0.6 is 15.9 Å². The van der Waals surface area contributed by atoms with E-state index in [9.17, 15) is 0 Å². The molecule has 1 unspecified atom stereocenters. The maximum absolute atomic E-state index is 5.88. The van der Waals surface area contributed by atoms with Crippen molar-refractivity contribution >= 4 is 15.9 Å². The molecule has 0 aliphatic carbocycles.